The van der Waals surface area contributed by atoms with Gasteiger partial charge < -0.3 is 15.6 Å². The fraction of sp³-hybridized carbons (Fsp3) is 0.538. The van der Waals surface area contributed by atoms with Crippen LogP contribution in [-0.4, -0.2) is 42.9 Å². The first kappa shape index (κ1) is 12.5. The molecule has 4 heteroatoms. The number of benzene rings is 1. The molecule has 1 atom stereocenters. The molecule has 0 radical (unpaired) electrons. The topological polar surface area (TPSA) is 58.7 Å². The van der Waals surface area contributed by atoms with Crippen molar-refractivity contribution >= 4 is 0 Å². The van der Waals surface area contributed by atoms with Gasteiger partial charge in [0.1, 0.15) is 0 Å². The minimum atomic E-state index is -0.549. The number of nitrogens with two attached hydrogens (primary N) is 1. The van der Waals surface area contributed by atoms with Crippen molar-refractivity contribution in [1.82, 2.24) is 4.90 Å². The van der Waals surface area contributed by atoms with Gasteiger partial charge in [0.05, 0.1) is 19.3 Å². The monoisotopic (exact) mass is 236 g/mol. The average Bonchev–Trinajstić information content (AvgIpc) is 2.40. The summed E-state index contributed by atoms with van der Waals surface area (Å²) in [5, 5.41) is 9.59. The third kappa shape index (κ3) is 3.51. The van der Waals surface area contributed by atoms with E-state index in [9.17, 15) is 5.11 Å². The molecule has 0 aromatic heterocycles. The van der Waals surface area contributed by atoms with Gasteiger partial charge in [0.25, 0.3) is 0 Å². The van der Waals surface area contributed by atoms with Gasteiger partial charge in [-0.05, 0) is 11.1 Å². The lowest BCUT2D eigenvalue weighted by molar-refractivity contribution is 0.0342. The smallest absolute Gasteiger partial charge is 0.0912 e. The molecule has 1 aliphatic rings. The molecule has 2 rings (SSSR count). The lowest BCUT2D eigenvalue weighted by Gasteiger charge is -2.26. The number of hydrogen-bond donors (Lipinski definition) is 2. The number of rotatable bonds is 4. The zero-order valence-electron chi connectivity index (χ0n) is 10.0. The molecule has 17 heavy (non-hydrogen) atoms. The molecule has 3 N–H and O–H groups in total. The van der Waals surface area contributed by atoms with Crippen LogP contribution in [0.2, 0.25) is 0 Å². The predicted molar refractivity (Wildman–Crippen MR) is 66.6 cm³/mol. The molecule has 1 unspecified atom stereocenters. The van der Waals surface area contributed by atoms with Gasteiger partial charge >= 0.3 is 0 Å². The van der Waals surface area contributed by atoms with Gasteiger partial charge in [-0.1, -0.05) is 24.3 Å². The van der Waals surface area contributed by atoms with E-state index in [2.05, 4.69) is 17.0 Å². The van der Waals surface area contributed by atoms with E-state index in [1.54, 1.807) is 0 Å². The molecule has 1 heterocycles. The van der Waals surface area contributed by atoms with Crippen molar-refractivity contribution in [2.24, 2.45) is 5.73 Å². The summed E-state index contributed by atoms with van der Waals surface area (Å²) in [6.45, 7) is 4.85. The van der Waals surface area contributed by atoms with Crippen molar-refractivity contribution in [2.75, 3.05) is 32.8 Å². The summed E-state index contributed by atoms with van der Waals surface area (Å²) in [5.41, 5.74) is 7.57. The quantitative estimate of drug-likeness (QED) is 0.800. The molecule has 1 fully saturated rings. The van der Waals surface area contributed by atoms with Crippen LogP contribution in [-0.2, 0) is 11.3 Å². The summed E-state index contributed by atoms with van der Waals surface area (Å²) in [4.78, 5) is 2.37. The van der Waals surface area contributed by atoms with E-state index in [-0.39, 0.29) is 6.54 Å². The highest BCUT2D eigenvalue weighted by Crippen LogP contribution is 2.14. The van der Waals surface area contributed by atoms with E-state index in [4.69, 9.17) is 10.5 Å². The van der Waals surface area contributed by atoms with Crippen LogP contribution in [0, 0.1) is 0 Å². The number of aliphatic hydroxyl groups is 1. The molecule has 0 amide bonds. The molecule has 1 aromatic carbocycles. The van der Waals surface area contributed by atoms with Crippen molar-refractivity contribution in [3.8, 4) is 0 Å². The van der Waals surface area contributed by atoms with E-state index in [0.29, 0.717) is 0 Å². The number of hydrogen-bond acceptors (Lipinski definition) is 4. The average molecular weight is 236 g/mol. The fourth-order valence-corrected chi connectivity index (χ4v) is 2.00. The first-order valence-corrected chi connectivity index (χ1v) is 6.06. The van der Waals surface area contributed by atoms with Gasteiger partial charge in [0.15, 0.2) is 0 Å². The van der Waals surface area contributed by atoms with Gasteiger partial charge in [0, 0.05) is 26.2 Å². The van der Waals surface area contributed by atoms with E-state index in [0.717, 1.165) is 38.4 Å². The van der Waals surface area contributed by atoms with E-state index < -0.39 is 6.10 Å². The minimum absolute atomic E-state index is 0.267. The molecule has 1 saturated heterocycles. The highest BCUT2D eigenvalue weighted by atomic mass is 16.5. The molecule has 0 aliphatic carbocycles. The van der Waals surface area contributed by atoms with Crippen LogP contribution in [0.5, 0.6) is 0 Å². The predicted octanol–water partition coefficient (Wildman–Crippen LogP) is 0.511. The Hall–Kier alpha value is -0.940. The largest absolute Gasteiger partial charge is 0.387 e. The van der Waals surface area contributed by atoms with Crippen LogP contribution in [0.15, 0.2) is 24.3 Å². The lowest BCUT2D eigenvalue weighted by atomic mass is 10.1. The molecule has 0 spiro atoms. The molecule has 94 valence electrons. The highest BCUT2D eigenvalue weighted by molar-refractivity contribution is 5.24. The third-order valence-electron chi connectivity index (χ3n) is 3.10. The Morgan fingerprint density at radius 3 is 2.47 bits per heavy atom. The molecule has 1 aliphatic heterocycles. The normalized spacial score (nSPS) is 19.2. The zero-order chi connectivity index (χ0) is 12.1. The summed E-state index contributed by atoms with van der Waals surface area (Å²) in [6.07, 6.45) is -0.549. The SMILES string of the molecule is NCC(O)c1ccc(CN2CCOCC2)cc1. The van der Waals surface area contributed by atoms with Crippen LogP contribution in [0.1, 0.15) is 17.2 Å². The summed E-state index contributed by atoms with van der Waals surface area (Å²) >= 11 is 0. The number of nitrogens with zero attached hydrogens (tertiary/aromatic N) is 1. The molecular weight excluding hydrogens is 216 g/mol. The first-order valence-electron chi connectivity index (χ1n) is 6.06. The van der Waals surface area contributed by atoms with Crippen LogP contribution < -0.4 is 5.73 Å². The summed E-state index contributed by atoms with van der Waals surface area (Å²) < 4.78 is 5.31. The van der Waals surface area contributed by atoms with E-state index >= 15 is 0 Å². The number of morpholine rings is 1. The summed E-state index contributed by atoms with van der Waals surface area (Å²) in [6, 6.07) is 8.02. The number of ether oxygens (including phenoxy) is 1. The van der Waals surface area contributed by atoms with Gasteiger partial charge in [-0.3, -0.25) is 4.90 Å². The Labute approximate surface area is 102 Å². The molecule has 0 saturated carbocycles. The maximum Gasteiger partial charge on any atom is 0.0912 e. The van der Waals surface area contributed by atoms with Crippen molar-refractivity contribution in [3.63, 3.8) is 0 Å². The molecule has 4 nitrogen and oxygen atoms in total. The van der Waals surface area contributed by atoms with Crippen molar-refractivity contribution in [3.05, 3.63) is 35.4 Å². The molecular formula is C13H20N2O2. The second-order valence-electron chi connectivity index (χ2n) is 4.38. The highest BCUT2D eigenvalue weighted by Gasteiger charge is 2.11. The van der Waals surface area contributed by atoms with E-state index in [1.807, 2.05) is 12.1 Å². The van der Waals surface area contributed by atoms with Crippen molar-refractivity contribution in [2.45, 2.75) is 12.6 Å². The van der Waals surface area contributed by atoms with E-state index in [1.165, 1.54) is 5.56 Å². The Morgan fingerprint density at radius 1 is 1.24 bits per heavy atom. The van der Waals surface area contributed by atoms with Gasteiger partial charge in [-0.2, -0.15) is 0 Å². The summed E-state index contributed by atoms with van der Waals surface area (Å²) in [7, 11) is 0. The maximum absolute atomic E-state index is 9.59. The third-order valence-corrected chi connectivity index (χ3v) is 3.10. The van der Waals surface area contributed by atoms with Gasteiger partial charge in [-0.25, -0.2) is 0 Å². The van der Waals surface area contributed by atoms with Crippen molar-refractivity contribution in [1.29, 1.82) is 0 Å². The van der Waals surface area contributed by atoms with Crippen LogP contribution in [0.4, 0.5) is 0 Å². The van der Waals surface area contributed by atoms with Crippen LogP contribution in [0.25, 0.3) is 0 Å². The molecule has 0 bridgehead atoms. The minimum Gasteiger partial charge on any atom is -0.387 e. The Morgan fingerprint density at radius 2 is 1.88 bits per heavy atom. The van der Waals surface area contributed by atoms with Gasteiger partial charge in [-0.15, -0.1) is 0 Å². The first-order chi connectivity index (χ1) is 8.29. The summed E-state index contributed by atoms with van der Waals surface area (Å²) in [5.74, 6) is 0. The Balaban J connectivity index is 1.93. The molecule has 1 aromatic rings. The number of aliphatic hydroxyl groups excluding tert-OH is 1. The Bertz CT molecular complexity index is 334. The lowest BCUT2D eigenvalue weighted by Crippen LogP contribution is -2.35. The van der Waals surface area contributed by atoms with Crippen LogP contribution >= 0.6 is 0 Å². The van der Waals surface area contributed by atoms with Gasteiger partial charge in [0.2, 0.25) is 0 Å². The van der Waals surface area contributed by atoms with Crippen molar-refractivity contribution < 1.29 is 9.84 Å². The second-order valence-corrected chi connectivity index (χ2v) is 4.38. The second kappa shape index (κ2) is 6.12. The standard InChI is InChI=1S/C13H20N2O2/c14-9-13(16)12-3-1-11(2-4-12)10-15-5-7-17-8-6-15/h1-4,13,16H,5-10,14H2. The van der Waals surface area contributed by atoms with Crippen LogP contribution in [0.3, 0.4) is 0 Å². The maximum atomic E-state index is 9.59. The fourth-order valence-electron chi connectivity index (χ4n) is 2.00. The Kier molecular flexibility index (Phi) is 4.50. The zero-order valence-corrected chi connectivity index (χ0v) is 10.0.